The second kappa shape index (κ2) is 4.78. The molecule has 1 aliphatic rings. The molecule has 0 N–H and O–H groups in total. The van der Waals surface area contributed by atoms with Gasteiger partial charge in [-0.3, -0.25) is 0 Å². The zero-order chi connectivity index (χ0) is 17.3. The van der Waals surface area contributed by atoms with Crippen molar-refractivity contribution in [3.8, 4) is 5.82 Å². The third-order valence-corrected chi connectivity index (χ3v) is 8.77. The molecular weight excluding hydrogens is 379 g/mol. The second-order valence-electron chi connectivity index (χ2n) is 6.75. The third kappa shape index (κ3) is 1.80. The molecular formula is C20H16N2O2Se. The van der Waals surface area contributed by atoms with Crippen LogP contribution in [0.2, 0.25) is 0 Å². The van der Waals surface area contributed by atoms with Gasteiger partial charge in [0.2, 0.25) is 0 Å². The summed E-state index contributed by atoms with van der Waals surface area (Å²) in [5, 5.41) is 2.03. The molecule has 5 heteroatoms. The number of fused-ring (bicyclic) bond motifs is 5. The Morgan fingerprint density at radius 3 is 2.56 bits per heavy atom. The van der Waals surface area contributed by atoms with Crippen LogP contribution in [0.25, 0.3) is 27.6 Å². The molecule has 0 bridgehead atoms. The van der Waals surface area contributed by atoms with Crippen LogP contribution < -0.4 is 8.92 Å². The number of hydrogen-bond acceptors (Lipinski definition) is 3. The van der Waals surface area contributed by atoms with Gasteiger partial charge in [-0.25, -0.2) is 0 Å². The van der Waals surface area contributed by atoms with E-state index in [4.69, 9.17) is 0 Å². The molecule has 0 saturated heterocycles. The molecule has 3 heterocycles. The first-order valence-electron chi connectivity index (χ1n) is 8.27. The summed E-state index contributed by atoms with van der Waals surface area (Å²) in [6.45, 7) is 4.32. The second-order valence-corrected chi connectivity index (χ2v) is 10.7. The fourth-order valence-electron chi connectivity index (χ4n) is 3.73. The monoisotopic (exact) mass is 396 g/mol. The first kappa shape index (κ1) is 14.8. The molecule has 2 aromatic carbocycles. The molecule has 0 unspecified atom stereocenters. The van der Waals surface area contributed by atoms with Gasteiger partial charge in [0.05, 0.1) is 0 Å². The summed E-state index contributed by atoms with van der Waals surface area (Å²) in [5.41, 5.74) is 3.00. The first-order chi connectivity index (χ1) is 12.0. The van der Waals surface area contributed by atoms with E-state index in [1.54, 1.807) is 24.4 Å². The predicted molar refractivity (Wildman–Crippen MR) is 99.1 cm³/mol. The molecule has 2 aromatic heterocycles. The van der Waals surface area contributed by atoms with Gasteiger partial charge in [0.15, 0.2) is 0 Å². The molecule has 0 fully saturated rings. The Kier molecular flexibility index (Phi) is 2.83. The van der Waals surface area contributed by atoms with Crippen molar-refractivity contribution >= 4 is 43.4 Å². The normalized spacial score (nSPS) is 15.0. The molecule has 0 aliphatic carbocycles. The van der Waals surface area contributed by atoms with Crippen molar-refractivity contribution < 1.29 is 7.67 Å². The Hall–Kier alpha value is -2.49. The third-order valence-electron chi connectivity index (χ3n) is 4.98. The Morgan fingerprint density at radius 2 is 1.76 bits per heavy atom. The van der Waals surface area contributed by atoms with Crippen molar-refractivity contribution in [2.24, 2.45) is 0 Å². The number of nitrogens with zero attached hydrogens (tertiary/aromatic N) is 2. The van der Waals surface area contributed by atoms with Crippen molar-refractivity contribution in [3.63, 3.8) is 0 Å². The van der Waals surface area contributed by atoms with E-state index >= 15 is 0 Å². The van der Waals surface area contributed by atoms with E-state index in [1.807, 2.05) is 16.7 Å². The van der Waals surface area contributed by atoms with E-state index < -0.39 is 12.7 Å². The average Bonchev–Trinajstić information content (AvgIpc) is 2.94. The number of aromatic nitrogens is 2. The van der Waals surface area contributed by atoms with Gasteiger partial charge in [0, 0.05) is 0 Å². The summed E-state index contributed by atoms with van der Waals surface area (Å²) < 4.78 is 29.1. The van der Waals surface area contributed by atoms with Gasteiger partial charge >= 0.3 is 147 Å². The molecule has 4 aromatic rings. The minimum absolute atomic E-state index is 0.339. The van der Waals surface area contributed by atoms with E-state index in [-0.39, 0.29) is 0 Å². The van der Waals surface area contributed by atoms with Crippen molar-refractivity contribution in [2.75, 3.05) is 0 Å². The number of pyridine rings is 1. The number of para-hydroxylation sites is 1. The van der Waals surface area contributed by atoms with Gasteiger partial charge in [0.25, 0.3) is 0 Å². The van der Waals surface area contributed by atoms with E-state index in [9.17, 15) is 7.67 Å². The van der Waals surface area contributed by atoms with E-state index in [2.05, 4.69) is 37.0 Å². The van der Waals surface area contributed by atoms with Crippen LogP contribution in [0.1, 0.15) is 25.3 Å². The molecule has 0 amide bonds. The maximum absolute atomic E-state index is 13.2. The van der Waals surface area contributed by atoms with Crippen molar-refractivity contribution in [2.45, 2.75) is 19.8 Å². The van der Waals surface area contributed by atoms with Crippen LogP contribution in [0.5, 0.6) is 0 Å². The van der Waals surface area contributed by atoms with E-state index in [1.165, 1.54) is 5.56 Å². The summed E-state index contributed by atoms with van der Waals surface area (Å²) in [4.78, 5) is 4.44. The zero-order valence-corrected chi connectivity index (χ0v) is 15.6. The van der Waals surface area contributed by atoms with Crippen molar-refractivity contribution in [1.82, 2.24) is 9.55 Å². The fourth-order valence-corrected chi connectivity index (χ4v) is 7.07. The number of rotatable bonds is 1. The Morgan fingerprint density at radius 1 is 0.960 bits per heavy atom. The summed E-state index contributed by atoms with van der Waals surface area (Å²) in [7, 11) is 0. The molecule has 4 nitrogen and oxygen atoms in total. The Bertz CT molecular complexity index is 1280. The van der Waals surface area contributed by atoms with Crippen LogP contribution in [0, 0.1) is 0 Å². The Labute approximate surface area is 146 Å². The summed E-state index contributed by atoms with van der Waals surface area (Å²) >= 11 is -4.46. The average molecular weight is 395 g/mol. The molecule has 0 saturated carbocycles. The van der Waals surface area contributed by atoms with Crippen LogP contribution in [0.3, 0.4) is 0 Å². The van der Waals surface area contributed by atoms with E-state index in [0.29, 0.717) is 20.7 Å². The summed E-state index contributed by atoms with van der Waals surface area (Å²) in [6.07, 6.45) is 1.66. The summed E-state index contributed by atoms with van der Waals surface area (Å²) in [6, 6.07) is 15.3. The number of benzene rings is 2. The van der Waals surface area contributed by atoms with Crippen LogP contribution in [-0.2, 0) is 7.67 Å². The summed E-state index contributed by atoms with van der Waals surface area (Å²) in [5.74, 6) is 0.919. The molecule has 1 aliphatic heterocycles. The molecule has 124 valence electrons. The topological polar surface area (TPSA) is 52.0 Å². The van der Waals surface area contributed by atoms with Crippen LogP contribution in [0.15, 0.2) is 54.7 Å². The van der Waals surface area contributed by atoms with Crippen LogP contribution in [-0.4, -0.2) is 22.3 Å². The minimum atomic E-state index is -4.46. The maximum atomic E-state index is 13.2. The van der Waals surface area contributed by atoms with E-state index in [0.717, 1.165) is 21.8 Å². The fraction of sp³-hybridized carbons (Fsp3) is 0.150. The molecule has 25 heavy (non-hydrogen) atoms. The van der Waals surface area contributed by atoms with Gasteiger partial charge in [-0.05, 0) is 0 Å². The van der Waals surface area contributed by atoms with Crippen molar-refractivity contribution in [1.29, 1.82) is 0 Å². The van der Waals surface area contributed by atoms with Crippen molar-refractivity contribution in [3.05, 3.63) is 60.3 Å². The van der Waals surface area contributed by atoms with Gasteiger partial charge < -0.3 is 0 Å². The quantitative estimate of drug-likeness (QED) is 0.410. The molecule has 0 atom stereocenters. The Balaban J connectivity index is 2.10. The van der Waals surface area contributed by atoms with Gasteiger partial charge in [0.1, 0.15) is 0 Å². The molecule has 5 rings (SSSR count). The molecule has 0 spiro atoms. The number of hydrogen-bond donors (Lipinski definition) is 0. The molecule has 0 radical (unpaired) electrons. The first-order valence-corrected chi connectivity index (χ1v) is 11.4. The zero-order valence-electron chi connectivity index (χ0n) is 13.9. The SMILES string of the molecule is CC(C)c1ccc2c3cccc4c3n(c2c1)-c1ncccc1[Se]4(=O)=O. The predicted octanol–water partition coefficient (Wildman–Crippen LogP) is 3.03. The van der Waals surface area contributed by atoms with Gasteiger partial charge in [-0.1, -0.05) is 0 Å². The standard InChI is InChI=1S/C20H16N2O2Se/c1-12(2)13-8-9-14-15-5-3-6-17-19(15)22(16(14)11-13)20-18(25(17,23)24)7-4-10-21-20/h3-12H,1-2H3. The van der Waals surface area contributed by atoms with Crippen LogP contribution >= 0.6 is 0 Å². The van der Waals surface area contributed by atoms with Gasteiger partial charge in [-0.2, -0.15) is 0 Å². The van der Waals surface area contributed by atoms with Gasteiger partial charge in [-0.15, -0.1) is 0 Å². The van der Waals surface area contributed by atoms with Crippen LogP contribution in [0.4, 0.5) is 0 Å².